The number of alkyl halides is 3. The van der Waals surface area contributed by atoms with Gasteiger partial charge in [-0.05, 0) is 12.1 Å². The van der Waals surface area contributed by atoms with Crippen LogP contribution in [0.25, 0.3) is 0 Å². The van der Waals surface area contributed by atoms with Gasteiger partial charge in [0.1, 0.15) is 11.4 Å². The lowest BCUT2D eigenvalue weighted by Gasteiger charge is -2.09. The van der Waals surface area contributed by atoms with Crippen molar-refractivity contribution < 1.29 is 27.0 Å². The lowest BCUT2D eigenvalue weighted by molar-refractivity contribution is -0.274. The second-order valence-corrected chi connectivity index (χ2v) is 3.19. The molecule has 104 valence electrons. The van der Waals surface area contributed by atoms with E-state index >= 15 is 0 Å². The van der Waals surface area contributed by atoms with Gasteiger partial charge < -0.3 is 15.2 Å². The molecule has 0 aromatic heterocycles. The van der Waals surface area contributed by atoms with Crippen molar-refractivity contribution in [2.45, 2.75) is 6.36 Å². The van der Waals surface area contributed by atoms with Crippen LogP contribution in [0.15, 0.2) is 23.2 Å². The Balaban J connectivity index is 2.98. The van der Waals surface area contributed by atoms with E-state index in [2.05, 4.69) is 14.5 Å². The Morgan fingerprint density at radius 1 is 1.37 bits per heavy atom. The van der Waals surface area contributed by atoms with Gasteiger partial charge in [-0.1, -0.05) is 0 Å². The summed E-state index contributed by atoms with van der Waals surface area (Å²) >= 11 is 0. The summed E-state index contributed by atoms with van der Waals surface area (Å²) in [7, 11) is 1.17. The smallest absolute Gasteiger partial charge is 0.479 e. The summed E-state index contributed by atoms with van der Waals surface area (Å²) in [6.45, 7) is 0. The van der Waals surface area contributed by atoms with E-state index in [1.165, 1.54) is 7.11 Å². The number of nitrogens with zero attached hydrogens (tertiary/aromatic N) is 1. The van der Waals surface area contributed by atoms with Gasteiger partial charge in [0.25, 0.3) is 0 Å². The van der Waals surface area contributed by atoms with Gasteiger partial charge in [-0.3, -0.25) is 5.41 Å². The van der Waals surface area contributed by atoms with Crippen molar-refractivity contribution in [2.75, 3.05) is 7.11 Å². The molecule has 1 aromatic rings. The average Bonchev–Trinajstić information content (AvgIpc) is 2.29. The summed E-state index contributed by atoms with van der Waals surface area (Å²) in [5.74, 6) is -2.70. The molecule has 0 atom stereocenters. The first-order valence-electron chi connectivity index (χ1n) is 4.75. The number of benzene rings is 1. The molecular weight excluding hydrogens is 270 g/mol. The molecule has 0 saturated heterocycles. The van der Waals surface area contributed by atoms with Gasteiger partial charge in [-0.15, -0.1) is 13.2 Å². The van der Waals surface area contributed by atoms with Crippen LogP contribution in [0.2, 0.25) is 0 Å². The summed E-state index contributed by atoms with van der Waals surface area (Å²) in [5.41, 5.74) is 4.95. The van der Waals surface area contributed by atoms with Crippen molar-refractivity contribution in [1.82, 2.24) is 0 Å². The van der Waals surface area contributed by atoms with Gasteiger partial charge in [-0.25, -0.2) is 9.38 Å². The predicted molar refractivity (Wildman–Crippen MR) is 59.1 cm³/mol. The van der Waals surface area contributed by atoms with E-state index in [0.29, 0.717) is 6.07 Å². The van der Waals surface area contributed by atoms with Crippen LogP contribution >= 0.6 is 0 Å². The molecule has 1 rings (SSSR count). The predicted octanol–water partition coefficient (Wildman–Crippen LogP) is 2.34. The third kappa shape index (κ3) is 4.45. The van der Waals surface area contributed by atoms with Crippen LogP contribution in [0, 0.1) is 11.2 Å². The third-order valence-corrected chi connectivity index (χ3v) is 1.83. The number of nitrogens with two attached hydrogens (primary N) is 1. The first-order valence-corrected chi connectivity index (χ1v) is 4.75. The number of halogens is 4. The monoisotopic (exact) mass is 279 g/mol. The van der Waals surface area contributed by atoms with Gasteiger partial charge >= 0.3 is 6.36 Å². The summed E-state index contributed by atoms with van der Waals surface area (Å²) in [5, 5.41) is 7.15. The largest absolute Gasteiger partial charge is 0.573 e. The highest BCUT2D eigenvalue weighted by Gasteiger charge is 2.31. The van der Waals surface area contributed by atoms with E-state index in [1.807, 2.05) is 0 Å². The molecule has 0 bridgehead atoms. The highest BCUT2D eigenvalue weighted by molar-refractivity contribution is 6.36. The fourth-order valence-electron chi connectivity index (χ4n) is 1.06. The first-order chi connectivity index (χ1) is 8.73. The number of aliphatic imine (C=N–C) groups is 1. The SMILES string of the molecule is COC(=N)C(N)=Nc1ccc(OC(F)(F)F)cc1F. The Bertz CT molecular complexity index is 514. The summed E-state index contributed by atoms with van der Waals surface area (Å²) in [6, 6.07) is 2.32. The van der Waals surface area contributed by atoms with Crippen LogP contribution in [-0.2, 0) is 4.74 Å². The van der Waals surface area contributed by atoms with Gasteiger partial charge in [0.15, 0.2) is 11.7 Å². The lowest BCUT2D eigenvalue weighted by Crippen LogP contribution is -2.24. The van der Waals surface area contributed by atoms with Gasteiger partial charge in [0.05, 0.1) is 7.11 Å². The van der Waals surface area contributed by atoms with Crippen molar-refractivity contribution >= 4 is 17.4 Å². The van der Waals surface area contributed by atoms with Crippen molar-refractivity contribution in [1.29, 1.82) is 5.41 Å². The fraction of sp³-hybridized carbons (Fsp3) is 0.200. The van der Waals surface area contributed by atoms with Gasteiger partial charge in [0, 0.05) is 6.07 Å². The zero-order chi connectivity index (χ0) is 14.6. The minimum atomic E-state index is -4.91. The Morgan fingerprint density at radius 2 is 2.00 bits per heavy atom. The van der Waals surface area contributed by atoms with Crippen molar-refractivity contribution in [2.24, 2.45) is 10.7 Å². The Hall–Kier alpha value is -2.32. The molecule has 0 aliphatic rings. The fourth-order valence-corrected chi connectivity index (χ4v) is 1.06. The number of methoxy groups -OCH3 is 1. The average molecular weight is 279 g/mol. The van der Waals surface area contributed by atoms with Crippen LogP contribution in [0.5, 0.6) is 5.75 Å². The number of nitrogens with one attached hydrogen (secondary N) is 1. The number of rotatable bonds is 2. The highest BCUT2D eigenvalue weighted by Crippen LogP contribution is 2.27. The number of hydrogen-bond donors (Lipinski definition) is 2. The van der Waals surface area contributed by atoms with Crippen LogP contribution < -0.4 is 10.5 Å². The second kappa shape index (κ2) is 5.55. The maximum Gasteiger partial charge on any atom is 0.573 e. The van der Waals surface area contributed by atoms with E-state index in [1.54, 1.807) is 0 Å². The summed E-state index contributed by atoms with van der Waals surface area (Å²) in [6.07, 6.45) is -4.91. The molecule has 19 heavy (non-hydrogen) atoms. The quantitative estimate of drug-likeness (QED) is 0.495. The molecule has 0 radical (unpaired) electrons. The maximum atomic E-state index is 13.4. The van der Waals surface area contributed by atoms with Crippen LogP contribution in [0.4, 0.5) is 23.2 Å². The summed E-state index contributed by atoms with van der Waals surface area (Å²) in [4.78, 5) is 3.50. The van der Waals surface area contributed by atoms with E-state index < -0.39 is 29.7 Å². The number of ether oxygens (including phenoxy) is 2. The summed E-state index contributed by atoms with van der Waals surface area (Å²) < 4.78 is 57.1. The first kappa shape index (κ1) is 14.7. The zero-order valence-electron chi connectivity index (χ0n) is 9.58. The zero-order valence-corrected chi connectivity index (χ0v) is 9.58. The lowest BCUT2D eigenvalue weighted by atomic mass is 10.3. The molecule has 9 heteroatoms. The molecule has 0 saturated carbocycles. The molecule has 0 amide bonds. The molecular formula is C10H9F4N3O2. The van der Waals surface area contributed by atoms with Gasteiger partial charge in [-0.2, -0.15) is 0 Å². The molecule has 3 N–H and O–H groups in total. The van der Waals surface area contributed by atoms with Crippen molar-refractivity contribution in [3.63, 3.8) is 0 Å². The second-order valence-electron chi connectivity index (χ2n) is 3.19. The third-order valence-electron chi connectivity index (χ3n) is 1.83. The number of hydrogen-bond acceptors (Lipinski definition) is 4. The highest BCUT2D eigenvalue weighted by atomic mass is 19.4. The Kier molecular flexibility index (Phi) is 4.30. The molecule has 0 heterocycles. The van der Waals surface area contributed by atoms with Crippen molar-refractivity contribution in [3.05, 3.63) is 24.0 Å². The molecule has 0 fully saturated rings. The normalized spacial score (nSPS) is 12.2. The molecule has 0 unspecified atom stereocenters. The standard InChI is InChI=1S/C10H9F4N3O2/c1-18-9(16)8(15)17-7-3-2-5(4-6(7)11)19-10(12,13)14/h2-4,16H,1H3,(H2,15,17). The molecule has 1 aromatic carbocycles. The van der Waals surface area contributed by atoms with Crippen LogP contribution in [0.1, 0.15) is 0 Å². The van der Waals surface area contributed by atoms with E-state index in [0.717, 1.165) is 12.1 Å². The maximum absolute atomic E-state index is 13.4. The topological polar surface area (TPSA) is 80.7 Å². The minimum Gasteiger partial charge on any atom is -0.479 e. The van der Waals surface area contributed by atoms with E-state index in [-0.39, 0.29) is 5.69 Å². The number of amidine groups is 1. The molecule has 5 nitrogen and oxygen atoms in total. The Morgan fingerprint density at radius 3 is 2.47 bits per heavy atom. The molecule has 0 aliphatic carbocycles. The minimum absolute atomic E-state index is 0.339. The van der Waals surface area contributed by atoms with E-state index in [9.17, 15) is 17.6 Å². The van der Waals surface area contributed by atoms with Gasteiger partial charge in [0.2, 0.25) is 5.90 Å². The van der Waals surface area contributed by atoms with Crippen molar-refractivity contribution in [3.8, 4) is 5.75 Å². The molecule has 0 spiro atoms. The van der Waals surface area contributed by atoms with E-state index in [4.69, 9.17) is 11.1 Å². The molecule has 0 aliphatic heterocycles. The van der Waals surface area contributed by atoms with Crippen LogP contribution in [0.3, 0.4) is 0 Å². The van der Waals surface area contributed by atoms with Crippen LogP contribution in [-0.4, -0.2) is 25.2 Å². The Labute approximate surface area is 105 Å².